The minimum absolute atomic E-state index is 0.0889. The number of rotatable bonds is 6. The predicted octanol–water partition coefficient (Wildman–Crippen LogP) is 3.87. The van der Waals surface area contributed by atoms with Crippen LogP contribution in [0.3, 0.4) is 0 Å². The van der Waals surface area contributed by atoms with Crippen LogP contribution < -0.4 is 0 Å². The molecule has 1 aliphatic heterocycles. The number of amides is 1. The van der Waals surface area contributed by atoms with Gasteiger partial charge in [0.05, 0.1) is 10.8 Å². The summed E-state index contributed by atoms with van der Waals surface area (Å²) in [6, 6.07) is 16.7. The minimum atomic E-state index is -3.58. The van der Waals surface area contributed by atoms with Gasteiger partial charge in [-0.15, -0.1) is 0 Å². The highest BCUT2D eigenvalue weighted by Crippen LogP contribution is 2.27. The van der Waals surface area contributed by atoms with Gasteiger partial charge >= 0.3 is 0 Å². The first-order chi connectivity index (χ1) is 13.4. The zero-order chi connectivity index (χ0) is 20.1. The van der Waals surface area contributed by atoms with Gasteiger partial charge in [0, 0.05) is 30.7 Å². The van der Waals surface area contributed by atoms with Crippen molar-refractivity contribution in [3.8, 4) is 0 Å². The van der Waals surface area contributed by atoms with Crippen LogP contribution in [-0.4, -0.2) is 49.7 Å². The van der Waals surface area contributed by atoms with Crippen LogP contribution in [0.4, 0.5) is 0 Å². The highest BCUT2D eigenvalue weighted by atomic mass is 79.9. The molecule has 5 nitrogen and oxygen atoms in total. The Labute approximate surface area is 175 Å². The van der Waals surface area contributed by atoms with E-state index in [0.717, 1.165) is 18.4 Å². The van der Waals surface area contributed by atoms with Crippen molar-refractivity contribution in [2.45, 2.75) is 30.6 Å². The van der Waals surface area contributed by atoms with E-state index in [4.69, 9.17) is 0 Å². The molecule has 0 bridgehead atoms. The fraction of sp³-hybridized carbons (Fsp3) is 0.381. The van der Waals surface area contributed by atoms with Crippen molar-refractivity contribution in [3.63, 3.8) is 0 Å². The van der Waals surface area contributed by atoms with Crippen molar-refractivity contribution in [1.29, 1.82) is 0 Å². The molecular formula is C21H25BrN2O3S. The second kappa shape index (κ2) is 9.20. The Morgan fingerprint density at radius 3 is 2.21 bits per heavy atom. The molecule has 1 saturated heterocycles. The Morgan fingerprint density at radius 2 is 1.61 bits per heavy atom. The van der Waals surface area contributed by atoms with E-state index in [1.807, 2.05) is 30.3 Å². The van der Waals surface area contributed by atoms with E-state index >= 15 is 0 Å². The first kappa shape index (κ1) is 21.0. The molecule has 0 spiro atoms. The lowest BCUT2D eigenvalue weighted by atomic mass is 9.93. The van der Waals surface area contributed by atoms with Crippen LogP contribution in [0, 0.1) is 0 Å². The number of hydrogen-bond donors (Lipinski definition) is 0. The van der Waals surface area contributed by atoms with Gasteiger partial charge in [0.1, 0.15) is 0 Å². The summed E-state index contributed by atoms with van der Waals surface area (Å²) >= 11 is 3.33. The molecule has 150 valence electrons. The van der Waals surface area contributed by atoms with Gasteiger partial charge in [0.25, 0.3) is 0 Å². The fourth-order valence-corrected chi connectivity index (χ4v) is 5.95. The zero-order valence-corrected chi connectivity index (χ0v) is 18.3. The first-order valence-electron chi connectivity index (χ1n) is 9.53. The average Bonchev–Trinajstić information content (AvgIpc) is 2.72. The number of benzene rings is 2. The van der Waals surface area contributed by atoms with Gasteiger partial charge in [-0.25, -0.2) is 8.42 Å². The molecule has 1 unspecified atom stereocenters. The summed E-state index contributed by atoms with van der Waals surface area (Å²) in [7, 11) is -3.58. The topological polar surface area (TPSA) is 57.7 Å². The van der Waals surface area contributed by atoms with Crippen LogP contribution in [0.1, 0.15) is 31.2 Å². The molecule has 1 amide bonds. The molecule has 1 fully saturated rings. The lowest BCUT2D eigenvalue weighted by molar-refractivity contribution is -0.134. The molecule has 0 aromatic heterocycles. The standard InChI is InChI=1S/C21H25BrN2O3S/c1-2-8-18(17-9-4-3-5-10-17)21(25)23-13-15-24(16-14-23)28(26,27)20-12-7-6-11-19(20)22/h3-7,9-12,18H,2,8,13-16H2,1H3. The third-order valence-corrected chi connectivity index (χ3v) is 7.99. The number of carbonyl (C=O) groups is 1. The van der Waals surface area contributed by atoms with E-state index < -0.39 is 10.0 Å². The Morgan fingerprint density at radius 1 is 1.00 bits per heavy atom. The van der Waals surface area contributed by atoms with E-state index in [9.17, 15) is 13.2 Å². The van der Waals surface area contributed by atoms with Crippen molar-refractivity contribution in [2.24, 2.45) is 0 Å². The molecule has 1 aliphatic rings. The molecule has 7 heteroatoms. The summed E-state index contributed by atoms with van der Waals surface area (Å²) in [4.78, 5) is 15.2. The van der Waals surface area contributed by atoms with E-state index in [0.29, 0.717) is 30.7 Å². The van der Waals surface area contributed by atoms with Crippen molar-refractivity contribution < 1.29 is 13.2 Å². The van der Waals surface area contributed by atoms with Crippen LogP contribution in [0.25, 0.3) is 0 Å². The normalized spacial score (nSPS) is 16.7. The number of carbonyl (C=O) groups excluding carboxylic acids is 1. The molecule has 1 heterocycles. The molecule has 0 saturated carbocycles. The van der Waals surface area contributed by atoms with E-state index in [1.165, 1.54) is 4.31 Å². The Hall–Kier alpha value is -1.70. The molecule has 2 aromatic carbocycles. The Bertz CT molecular complexity index is 910. The second-order valence-electron chi connectivity index (χ2n) is 6.91. The largest absolute Gasteiger partial charge is 0.340 e. The average molecular weight is 465 g/mol. The number of sulfonamides is 1. The molecular weight excluding hydrogens is 440 g/mol. The van der Waals surface area contributed by atoms with Crippen LogP contribution in [0.5, 0.6) is 0 Å². The van der Waals surface area contributed by atoms with Gasteiger partial charge in [-0.05, 0) is 40.0 Å². The predicted molar refractivity (Wildman–Crippen MR) is 114 cm³/mol. The maximum atomic E-state index is 13.1. The Balaban J connectivity index is 1.71. The summed E-state index contributed by atoms with van der Waals surface area (Å²) in [6.45, 7) is 3.52. The summed E-state index contributed by atoms with van der Waals surface area (Å²) in [5.74, 6) is -0.0800. The zero-order valence-electron chi connectivity index (χ0n) is 15.9. The Kier molecular flexibility index (Phi) is 6.91. The summed E-state index contributed by atoms with van der Waals surface area (Å²) in [6.07, 6.45) is 1.71. The molecule has 28 heavy (non-hydrogen) atoms. The minimum Gasteiger partial charge on any atom is -0.340 e. The van der Waals surface area contributed by atoms with Gasteiger partial charge < -0.3 is 4.90 Å². The number of halogens is 1. The first-order valence-corrected chi connectivity index (χ1v) is 11.8. The van der Waals surface area contributed by atoms with Gasteiger partial charge in [-0.1, -0.05) is 55.8 Å². The van der Waals surface area contributed by atoms with Crippen LogP contribution >= 0.6 is 15.9 Å². The van der Waals surface area contributed by atoms with E-state index in [2.05, 4.69) is 22.9 Å². The smallest absolute Gasteiger partial charge is 0.244 e. The van der Waals surface area contributed by atoms with E-state index in [-0.39, 0.29) is 16.7 Å². The van der Waals surface area contributed by atoms with Gasteiger partial charge in [-0.3, -0.25) is 4.79 Å². The van der Waals surface area contributed by atoms with Crippen molar-refractivity contribution in [2.75, 3.05) is 26.2 Å². The van der Waals surface area contributed by atoms with Crippen molar-refractivity contribution >= 4 is 31.9 Å². The summed E-state index contributed by atoms with van der Waals surface area (Å²) < 4.78 is 27.9. The number of piperazine rings is 1. The van der Waals surface area contributed by atoms with Crippen LogP contribution in [-0.2, 0) is 14.8 Å². The molecule has 0 aliphatic carbocycles. The van der Waals surface area contributed by atoms with Gasteiger partial charge in [0.15, 0.2) is 0 Å². The second-order valence-corrected chi connectivity index (χ2v) is 9.67. The van der Waals surface area contributed by atoms with Crippen molar-refractivity contribution in [1.82, 2.24) is 9.21 Å². The fourth-order valence-electron chi connectivity index (χ4n) is 3.57. The molecule has 0 radical (unpaired) electrons. The van der Waals surface area contributed by atoms with Crippen LogP contribution in [0.15, 0.2) is 64.0 Å². The SMILES string of the molecule is CCCC(C(=O)N1CCN(S(=O)(=O)c2ccccc2Br)CC1)c1ccccc1. The molecule has 0 N–H and O–H groups in total. The third kappa shape index (κ3) is 4.47. The summed E-state index contributed by atoms with van der Waals surface area (Å²) in [5, 5.41) is 0. The van der Waals surface area contributed by atoms with Gasteiger partial charge in [0.2, 0.25) is 15.9 Å². The molecule has 1 atom stereocenters. The number of nitrogens with zero attached hydrogens (tertiary/aromatic N) is 2. The maximum Gasteiger partial charge on any atom is 0.244 e. The highest BCUT2D eigenvalue weighted by Gasteiger charge is 2.33. The van der Waals surface area contributed by atoms with Crippen molar-refractivity contribution in [3.05, 3.63) is 64.6 Å². The quantitative estimate of drug-likeness (QED) is 0.651. The molecule has 3 rings (SSSR count). The summed E-state index contributed by atoms with van der Waals surface area (Å²) in [5.41, 5.74) is 1.03. The maximum absolute atomic E-state index is 13.1. The number of hydrogen-bond acceptors (Lipinski definition) is 3. The monoisotopic (exact) mass is 464 g/mol. The van der Waals surface area contributed by atoms with Crippen LogP contribution in [0.2, 0.25) is 0 Å². The molecule has 2 aromatic rings. The van der Waals surface area contributed by atoms with Gasteiger partial charge in [-0.2, -0.15) is 4.31 Å². The highest BCUT2D eigenvalue weighted by molar-refractivity contribution is 9.10. The lowest BCUT2D eigenvalue weighted by Gasteiger charge is -2.36. The third-order valence-electron chi connectivity index (χ3n) is 5.08. The lowest BCUT2D eigenvalue weighted by Crippen LogP contribution is -2.51. The van der Waals surface area contributed by atoms with E-state index in [1.54, 1.807) is 29.2 Å².